The van der Waals surface area contributed by atoms with Crippen LogP contribution in [0, 0.1) is 17.9 Å². The van der Waals surface area contributed by atoms with Crippen LogP contribution in [0.2, 0.25) is 0 Å². The number of anilines is 1. The van der Waals surface area contributed by atoms with Crippen LogP contribution in [0.1, 0.15) is 38.2 Å². The zero-order valence-electron chi connectivity index (χ0n) is 16.4. The molecule has 1 N–H and O–H groups in total. The van der Waals surface area contributed by atoms with Gasteiger partial charge in [0.1, 0.15) is 5.75 Å². The van der Waals surface area contributed by atoms with Crippen molar-refractivity contribution < 1.29 is 26.7 Å². The van der Waals surface area contributed by atoms with Gasteiger partial charge < -0.3 is 10.0 Å². The van der Waals surface area contributed by atoms with Crippen molar-refractivity contribution in [3.05, 3.63) is 35.9 Å². The maximum Gasteiger partial charge on any atom is 0.416 e. The van der Waals surface area contributed by atoms with Crippen molar-refractivity contribution in [1.29, 1.82) is 0 Å². The third kappa shape index (κ3) is 7.21. The Bertz CT molecular complexity index is 806. The lowest BCUT2D eigenvalue weighted by Crippen LogP contribution is -2.49. The highest BCUT2D eigenvalue weighted by atomic mass is 32.2. The molecule has 0 saturated carbocycles. The Morgan fingerprint density at radius 3 is 2.28 bits per heavy atom. The number of sulfonamides is 1. The first-order valence-corrected chi connectivity index (χ1v) is 11.2. The number of aliphatic hydroxyl groups is 1. The van der Waals surface area contributed by atoms with Gasteiger partial charge in [0.15, 0.2) is 6.10 Å². The van der Waals surface area contributed by atoms with E-state index in [1.807, 2.05) is 4.90 Å². The fraction of sp³-hybridized carbons (Fsp3) is 0.550. The lowest BCUT2D eigenvalue weighted by molar-refractivity contribution is -0.137. The van der Waals surface area contributed by atoms with Crippen molar-refractivity contribution in [1.82, 2.24) is 4.31 Å². The van der Waals surface area contributed by atoms with E-state index < -0.39 is 27.5 Å². The lowest BCUT2D eigenvalue weighted by atomic mass is 10.2. The number of hydrogen-bond acceptors (Lipinski definition) is 4. The number of aliphatic hydroxyl groups excluding tert-OH is 1. The van der Waals surface area contributed by atoms with Crippen LogP contribution in [0.3, 0.4) is 0 Å². The second kappa shape index (κ2) is 10.3. The predicted octanol–water partition coefficient (Wildman–Crippen LogP) is 3.65. The molecule has 2 rings (SSSR count). The number of rotatable bonds is 7. The number of alkyl halides is 3. The molecule has 0 aromatic heterocycles. The molecule has 9 heteroatoms. The number of nitrogens with zero attached hydrogens (tertiary/aromatic N) is 2. The molecule has 1 saturated heterocycles. The first-order valence-electron chi connectivity index (χ1n) is 9.57. The van der Waals surface area contributed by atoms with E-state index in [0.29, 0.717) is 25.2 Å². The Morgan fingerprint density at radius 2 is 1.72 bits per heavy atom. The minimum Gasteiger partial charge on any atom is -0.373 e. The molecule has 0 atom stereocenters. The Balaban J connectivity index is 1.87. The summed E-state index contributed by atoms with van der Waals surface area (Å²) >= 11 is 0. The molecule has 1 aliphatic heterocycles. The predicted molar refractivity (Wildman–Crippen MR) is 106 cm³/mol. The maximum atomic E-state index is 12.7. The first-order chi connectivity index (χ1) is 13.6. The van der Waals surface area contributed by atoms with Crippen LogP contribution >= 0.6 is 0 Å². The molecule has 0 bridgehead atoms. The normalized spacial score (nSPS) is 16.0. The van der Waals surface area contributed by atoms with Crippen LogP contribution in [-0.2, 0) is 16.2 Å². The van der Waals surface area contributed by atoms with E-state index in [2.05, 4.69) is 18.8 Å². The summed E-state index contributed by atoms with van der Waals surface area (Å²) in [4.78, 5) is 1.84. The summed E-state index contributed by atoms with van der Waals surface area (Å²) in [6.45, 7) is 3.17. The van der Waals surface area contributed by atoms with Gasteiger partial charge in [0.25, 0.3) is 0 Å². The van der Waals surface area contributed by atoms with Gasteiger partial charge >= 0.3 is 6.18 Å². The van der Waals surface area contributed by atoms with Gasteiger partial charge in [0, 0.05) is 38.3 Å². The minimum atomic E-state index is -4.39. The zero-order chi connectivity index (χ0) is 21.5. The molecule has 1 aliphatic rings. The molecule has 0 spiro atoms. The summed E-state index contributed by atoms with van der Waals surface area (Å²) in [7, 11) is -3.69. The van der Waals surface area contributed by atoms with Gasteiger partial charge in [-0.1, -0.05) is 25.7 Å². The second-order valence-electron chi connectivity index (χ2n) is 6.89. The van der Waals surface area contributed by atoms with Crippen LogP contribution in [0.5, 0.6) is 0 Å². The number of piperazine rings is 1. The van der Waals surface area contributed by atoms with Crippen molar-refractivity contribution in [3.8, 4) is 11.8 Å². The van der Waals surface area contributed by atoms with Crippen molar-refractivity contribution in [2.45, 2.75) is 38.8 Å². The van der Waals surface area contributed by atoms with Crippen LogP contribution in [-0.4, -0.2) is 49.8 Å². The van der Waals surface area contributed by atoms with Gasteiger partial charge in [0.05, 0.1) is 5.56 Å². The molecular weight excluding hydrogens is 405 g/mol. The summed E-state index contributed by atoms with van der Waals surface area (Å²) in [6, 6.07) is 4.82. The number of unbranched alkanes of at least 4 members (excludes halogenated alkanes) is 3. The van der Waals surface area contributed by atoms with Gasteiger partial charge in [-0.3, -0.25) is 0 Å². The Labute approximate surface area is 170 Å². The molecule has 0 amide bonds. The van der Waals surface area contributed by atoms with Gasteiger partial charge in [-0.05, 0) is 30.7 Å². The maximum absolute atomic E-state index is 12.7. The lowest BCUT2D eigenvalue weighted by Gasteiger charge is -2.35. The highest BCUT2D eigenvalue weighted by Gasteiger charge is 2.31. The highest BCUT2D eigenvalue weighted by molar-refractivity contribution is 7.89. The molecule has 0 unspecified atom stereocenters. The molecular formula is C20H26F3N2O3S. The molecule has 29 heavy (non-hydrogen) atoms. The SMILES string of the molecule is CCCCCC#C[C](O)CS(=O)(=O)N1CCN(c2ccc(C(F)(F)F)cc2)CC1. The Kier molecular flexibility index (Phi) is 8.37. The van der Waals surface area contributed by atoms with Crippen molar-refractivity contribution in [2.75, 3.05) is 36.8 Å². The average Bonchev–Trinajstić information content (AvgIpc) is 2.67. The molecule has 1 radical (unpaired) electrons. The third-order valence-corrected chi connectivity index (χ3v) is 6.44. The molecule has 1 aromatic rings. The largest absolute Gasteiger partial charge is 0.416 e. The van der Waals surface area contributed by atoms with E-state index in [-0.39, 0.29) is 19.2 Å². The van der Waals surface area contributed by atoms with E-state index >= 15 is 0 Å². The standard InChI is InChI=1S/C20H26F3N2O3S/c1-2-3-4-5-6-7-19(26)16-29(27,28)25-14-12-24(13-15-25)18-10-8-17(9-11-18)20(21,22)23/h8-11,26H,2-5,12-16H2,1H3. The van der Waals surface area contributed by atoms with E-state index in [0.717, 1.165) is 31.4 Å². The summed E-state index contributed by atoms with van der Waals surface area (Å²) in [5.74, 6) is 4.75. The van der Waals surface area contributed by atoms with Gasteiger partial charge in [0.2, 0.25) is 10.0 Å². The molecule has 1 heterocycles. The van der Waals surface area contributed by atoms with Crippen molar-refractivity contribution >= 4 is 15.7 Å². The van der Waals surface area contributed by atoms with E-state index in [4.69, 9.17) is 0 Å². The topological polar surface area (TPSA) is 60.9 Å². The number of benzene rings is 1. The summed E-state index contributed by atoms with van der Waals surface area (Å²) in [5.41, 5.74) is -0.105. The highest BCUT2D eigenvalue weighted by Crippen LogP contribution is 2.30. The van der Waals surface area contributed by atoms with Crippen molar-refractivity contribution in [3.63, 3.8) is 0 Å². The summed E-state index contributed by atoms with van der Waals surface area (Å²) < 4.78 is 64.2. The number of halogens is 3. The van der Waals surface area contributed by atoms with Gasteiger partial charge in [-0.2, -0.15) is 17.5 Å². The van der Waals surface area contributed by atoms with Crippen LogP contribution < -0.4 is 4.90 Å². The van der Waals surface area contributed by atoms with E-state index in [1.54, 1.807) is 0 Å². The second-order valence-corrected chi connectivity index (χ2v) is 8.86. The van der Waals surface area contributed by atoms with Gasteiger partial charge in [-0.15, -0.1) is 5.92 Å². The quantitative estimate of drug-likeness (QED) is 0.529. The summed E-state index contributed by atoms with van der Waals surface area (Å²) in [5, 5.41) is 9.83. The molecule has 5 nitrogen and oxygen atoms in total. The van der Waals surface area contributed by atoms with Crippen LogP contribution in [0.15, 0.2) is 24.3 Å². The van der Waals surface area contributed by atoms with E-state index in [1.165, 1.54) is 16.4 Å². The van der Waals surface area contributed by atoms with Crippen molar-refractivity contribution in [2.24, 2.45) is 0 Å². The Hall–Kier alpha value is -1.76. The third-order valence-electron chi connectivity index (χ3n) is 4.65. The first kappa shape index (κ1) is 23.5. The molecule has 161 valence electrons. The molecule has 1 aromatic carbocycles. The molecule has 1 fully saturated rings. The monoisotopic (exact) mass is 431 g/mol. The Morgan fingerprint density at radius 1 is 1.10 bits per heavy atom. The number of hydrogen-bond donors (Lipinski definition) is 1. The summed E-state index contributed by atoms with van der Waals surface area (Å²) in [6.07, 6.45) is -1.13. The fourth-order valence-corrected chi connectivity index (χ4v) is 4.33. The van der Waals surface area contributed by atoms with E-state index in [9.17, 15) is 26.7 Å². The zero-order valence-corrected chi connectivity index (χ0v) is 17.2. The average molecular weight is 432 g/mol. The smallest absolute Gasteiger partial charge is 0.373 e. The van der Waals surface area contributed by atoms with Crippen LogP contribution in [0.25, 0.3) is 0 Å². The van der Waals surface area contributed by atoms with Gasteiger partial charge in [-0.25, -0.2) is 8.42 Å². The van der Waals surface area contributed by atoms with Crippen LogP contribution in [0.4, 0.5) is 18.9 Å². The minimum absolute atomic E-state index is 0.195. The molecule has 0 aliphatic carbocycles. The fourth-order valence-electron chi connectivity index (χ4n) is 3.01.